The lowest BCUT2D eigenvalue weighted by molar-refractivity contribution is 0.794. The van der Waals surface area contributed by atoms with Gasteiger partial charge >= 0.3 is 0 Å². The molecule has 1 aliphatic heterocycles. The Bertz CT molecular complexity index is 766. The van der Waals surface area contributed by atoms with E-state index in [-0.39, 0.29) is 5.37 Å². The predicted molar refractivity (Wildman–Crippen MR) is 80.6 cm³/mol. The summed E-state index contributed by atoms with van der Waals surface area (Å²) in [7, 11) is 0. The molecule has 0 aliphatic carbocycles. The van der Waals surface area contributed by atoms with E-state index in [0.29, 0.717) is 0 Å². The number of thioether (sulfide) groups is 1. The fourth-order valence-corrected chi connectivity index (χ4v) is 4.17. The lowest BCUT2D eigenvalue weighted by Gasteiger charge is -2.15. The lowest BCUT2D eigenvalue weighted by Crippen LogP contribution is -2.03. The highest BCUT2D eigenvalue weighted by atomic mass is 35.5. The summed E-state index contributed by atoms with van der Waals surface area (Å²) in [6, 6.07) is 16.3. The van der Waals surface area contributed by atoms with Crippen LogP contribution in [-0.4, -0.2) is 9.55 Å². The van der Waals surface area contributed by atoms with Crippen LogP contribution in [0.1, 0.15) is 16.8 Å². The average Bonchev–Trinajstić information content (AvgIpc) is 2.98. The van der Waals surface area contributed by atoms with Crippen molar-refractivity contribution >= 4 is 34.4 Å². The molecule has 2 aromatic carbocycles. The highest BCUT2D eigenvalue weighted by molar-refractivity contribution is 7.99. The van der Waals surface area contributed by atoms with Gasteiger partial charge in [0.2, 0.25) is 0 Å². The first-order chi connectivity index (χ1) is 9.34. The zero-order valence-electron chi connectivity index (χ0n) is 10.1. The molecular formula is C15H11ClN2S. The van der Waals surface area contributed by atoms with Gasteiger partial charge in [-0.1, -0.05) is 41.9 Å². The Morgan fingerprint density at radius 1 is 1.11 bits per heavy atom. The number of para-hydroxylation sites is 2. The predicted octanol–water partition coefficient (Wildman–Crippen LogP) is 4.48. The van der Waals surface area contributed by atoms with Gasteiger partial charge < -0.3 is 4.57 Å². The van der Waals surface area contributed by atoms with E-state index in [2.05, 4.69) is 28.8 Å². The minimum atomic E-state index is 0.232. The number of imidazole rings is 1. The Balaban J connectivity index is 1.94. The third-order valence-corrected chi connectivity index (χ3v) is 4.99. The van der Waals surface area contributed by atoms with Gasteiger partial charge in [0.15, 0.2) is 0 Å². The standard InChI is InChI=1S/C15H11ClN2S/c16-11-6-2-1-5-10(11)15-18-13-8-4-3-7-12(13)17-14(18)9-19-15/h1-8,15H,9H2/t15-/m0/s1. The Morgan fingerprint density at radius 2 is 1.89 bits per heavy atom. The van der Waals surface area contributed by atoms with Crippen LogP contribution in [0.3, 0.4) is 0 Å². The second kappa shape index (κ2) is 4.29. The number of halogens is 1. The Hall–Kier alpha value is -1.45. The molecule has 0 amide bonds. The van der Waals surface area contributed by atoms with E-state index in [0.717, 1.165) is 27.7 Å². The summed E-state index contributed by atoms with van der Waals surface area (Å²) in [5.41, 5.74) is 3.42. The molecular weight excluding hydrogens is 276 g/mol. The van der Waals surface area contributed by atoms with Crippen LogP contribution in [0.15, 0.2) is 48.5 Å². The maximum absolute atomic E-state index is 6.34. The maximum Gasteiger partial charge on any atom is 0.121 e. The highest BCUT2D eigenvalue weighted by Crippen LogP contribution is 2.44. The van der Waals surface area contributed by atoms with Crippen molar-refractivity contribution in [3.05, 3.63) is 64.9 Å². The second-order valence-electron chi connectivity index (χ2n) is 4.57. The number of benzene rings is 2. The minimum Gasteiger partial charge on any atom is -0.310 e. The van der Waals surface area contributed by atoms with Crippen molar-refractivity contribution in [2.75, 3.05) is 0 Å². The first kappa shape index (κ1) is 11.4. The Morgan fingerprint density at radius 3 is 2.79 bits per heavy atom. The number of hydrogen-bond donors (Lipinski definition) is 0. The second-order valence-corrected chi connectivity index (χ2v) is 6.05. The van der Waals surface area contributed by atoms with E-state index >= 15 is 0 Å². The van der Waals surface area contributed by atoms with Crippen LogP contribution in [0.5, 0.6) is 0 Å². The van der Waals surface area contributed by atoms with Gasteiger partial charge in [0.05, 0.1) is 16.8 Å². The van der Waals surface area contributed by atoms with Crippen molar-refractivity contribution in [1.82, 2.24) is 9.55 Å². The van der Waals surface area contributed by atoms with Crippen LogP contribution in [0.2, 0.25) is 5.02 Å². The zero-order chi connectivity index (χ0) is 12.8. The lowest BCUT2D eigenvalue weighted by atomic mass is 10.2. The molecule has 0 N–H and O–H groups in total. The number of aromatic nitrogens is 2. The van der Waals surface area contributed by atoms with Crippen LogP contribution in [0, 0.1) is 0 Å². The molecule has 1 aliphatic rings. The van der Waals surface area contributed by atoms with Crippen LogP contribution in [-0.2, 0) is 5.75 Å². The molecule has 0 unspecified atom stereocenters. The molecule has 3 aromatic rings. The molecule has 4 heteroatoms. The minimum absolute atomic E-state index is 0.232. The van der Waals surface area contributed by atoms with Crippen LogP contribution >= 0.6 is 23.4 Å². The average molecular weight is 287 g/mol. The van der Waals surface area contributed by atoms with Crippen molar-refractivity contribution in [2.45, 2.75) is 11.1 Å². The summed E-state index contributed by atoms with van der Waals surface area (Å²) < 4.78 is 2.31. The topological polar surface area (TPSA) is 17.8 Å². The fourth-order valence-electron chi connectivity index (χ4n) is 2.59. The number of fused-ring (bicyclic) bond motifs is 3. The van der Waals surface area contributed by atoms with Crippen molar-refractivity contribution in [2.24, 2.45) is 0 Å². The summed E-state index contributed by atoms with van der Waals surface area (Å²) in [5, 5.41) is 1.06. The van der Waals surface area contributed by atoms with Crippen molar-refractivity contribution in [3.63, 3.8) is 0 Å². The maximum atomic E-state index is 6.34. The largest absolute Gasteiger partial charge is 0.310 e. The number of hydrogen-bond acceptors (Lipinski definition) is 2. The molecule has 0 saturated carbocycles. The number of nitrogens with zero attached hydrogens (tertiary/aromatic N) is 2. The Kier molecular flexibility index (Phi) is 2.57. The molecule has 0 spiro atoms. The summed E-state index contributed by atoms with van der Waals surface area (Å²) in [4.78, 5) is 4.70. The highest BCUT2D eigenvalue weighted by Gasteiger charge is 2.28. The molecule has 0 fully saturated rings. The molecule has 1 atom stereocenters. The van der Waals surface area contributed by atoms with Gasteiger partial charge in [0.25, 0.3) is 0 Å². The van der Waals surface area contributed by atoms with Gasteiger partial charge in [-0.25, -0.2) is 4.98 Å². The number of rotatable bonds is 1. The molecule has 94 valence electrons. The van der Waals surface area contributed by atoms with Crippen molar-refractivity contribution in [1.29, 1.82) is 0 Å². The Labute approximate surface area is 120 Å². The monoisotopic (exact) mass is 286 g/mol. The van der Waals surface area contributed by atoms with Gasteiger partial charge in [-0.3, -0.25) is 0 Å². The van der Waals surface area contributed by atoms with Gasteiger partial charge in [0.1, 0.15) is 11.2 Å². The first-order valence-electron chi connectivity index (χ1n) is 6.16. The van der Waals surface area contributed by atoms with Gasteiger partial charge in [-0.15, -0.1) is 11.8 Å². The van der Waals surface area contributed by atoms with E-state index in [1.165, 1.54) is 5.52 Å². The SMILES string of the molecule is Clc1ccccc1[C@@H]1SCc2nc3ccccc3n21. The third-order valence-electron chi connectivity index (χ3n) is 3.44. The molecule has 0 radical (unpaired) electrons. The van der Waals surface area contributed by atoms with Crippen LogP contribution in [0.25, 0.3) is 11.0 Å². The zero-order valence-corrected chi connectivity index (χ0v) is 11.7. The molecule has 0 bridgehead atoms. The van der Waals surface area contributed by atoms with Gasteiger partial charge in [-0.05, 0) is 18.2 Å². The third kappa shape index (κ3) is 1.69. The molecule has 2 heterocycles. The fraction of sp³-hybridized carbons (Fsp3) is 0.133. The summed E-state index contributed by atoms with van der Waals surface area (Å²) in [5.74, 6) is 2.07. The van der Waals surface area contributed by atoms with Crippen molar-refractivity contribution < 1.29 is 0 Å². The van der Waals surface area contributed by atoms with E-state index < -0.39 is 0 Å². The quantitative estimate of drug-likeness (QED) is 0.656. The van der Waals surface area contributed by atoms with E-state index in [4.69, 9.17) is 16.6 Å². The molecule has 2 nitrogen and oxygen atoms in total. The molecule has 0 saturated heterocycles. The normalized spacial score (nSPS) is 17.8. The van der Waals surface area contributed by atoms with Crippen LogP contribution < -0.4 is 0 Å². The van der Waals surface area contributed by atoms with E-state index in [1.807, 2.05) is 36.0 Å². The van der Waals surface area contributed by atoms with E-state index in [9.17, 15) is 0 Å². The molecule has 1 aromatic heterocycles. The van der Waals surface area contributed by atoms with Crippen LogP contribution in [0.4, 0.5) is 0 Å². The summed E-state index contributed by atoms with van der Waals surface area (Å²) >= 11 is 8.22. The van der Waals surface area contributed by atoms with Gasteiger partial charge in [0, 0.05) is 10.6 Å². The molecule has 19 heavy (non-hydrogen) atoms. The van der Waals surface area contributed by atoms with Gasteiger partial charge in [-0.2, -0.15) is 0 Å². The molecule has 4 rings (SSSR count). The van der Waals surface area contributed by atoms with Crippen molar-refractivity contribution in [3.8, 4) is 0 Å². The first-order valence-corrected chi connectivity index (χ1v) is 7.59. The summed E-state index contributed by atoms with van der Waals surface area (Å²) in [6.07, 6.45) is 0. The summed E-state index contributed by atoms with van der Waals surface area (Å²) in [6.45, 7) is 0. The van der Waals surface area contributed by atoms with E-state index in [1.54, 1.807) is 0 Å². The smallest absolute Gasteiger partial charge is 0.121 e.